The second-order valence-corrected chi connectivity index (χ2v) is 6.98. The number of carbonyl (C=O) groups is 1. The fourth-order valence-electron chi connectivity index (χ4n) is 5.26. The number of hydrogen-bond donors (Lipinski definition) is 1. The molecule has 0 amide bonds. The van der Waals surface area contributed by atoms with E-state index in [9.17, 15) is 4.79 Å². The number of hydrogen-bond acceptors (Lipinski definition) is 3. The summed E-state index contributed by atoms with van der Waals surface area (Å²) >= 11 is 0. The van der Waals surface area contributed by atoms with Crippen LogP contribution in [0.15, 0.2) is 6.33 Å². The molecule has 5 nitrogen and oxygen atoms in total. The first-order valence-corrected chi connectivity index (χ1v) is 7.80. The smallest absolute Gasteiger partial charge is 0.305 e. The zero-order valence-electron chi connectivity index (χ0n) is 11.6. The predicted octanol–water partition coefficient (Wildman–Crippen LogP) is 2.29. The van der Waals surface area contributed by atoms with Crippen LogP contribution in [0.25, 0.3) is 0 Å². The fraction of sp³-hybridized carbons (Fsp3) is 0.800. The van der Waals surface area contributed by atoms with Crippen molar-refractivity contribution in [3.05, 3.63) is 12.2 Å². The minimum atomic E-state index is -0.755. The number of aromatic nitrogens is 3. The van der Waals surface area contributed by atoms with Crippen LogP contribution in [0.2, 0.25) is 0 Å². The summed E-state index contributed by atoms with van der Waals surface area (Å²) in [5.41, 5.74) is 0. The Kier molecular flexibility index (Phi) is 2.82. The van der Waals surface area contributed by atoms with Gasteiger partial charge in [0.15, 0.2) is 0 Å². The third-order valence-corrected chi connectivity index (χ3v) is 5.74. The van der Waals surface area contributed by atoms with Gasteiger partial charge in [-0.05, 0) is 55.8 Å². The predicted molar refractivity (Wildman–Crippen MR) is 72.1 cm³/mol. The average molecular weight is 275 g/mol. The second-order valence-electron chi connectivity index (χ2n) is 6.98. The van der Waals surface area contributed by atoms with Gasteiger partial charge in [-0.15, -0.1) is 10.2 Å². The maximum Gasteiger partial charge on any atom is 0.305 e. The number of carboxylic acids is 1. The zero-order chi connectivity index (χ0) is 13.7. The molecule has 4 fully saturated rings. The van der Waals surface area contributed by atoms with Crippen LogP contribution in [0.1, 0.15) is 50.3 Å². The molecular weight excluding hydrogens is 254 g/mol. The molecule has 5 heteroatoms. The molecule has 108 valence electrons. The molecule has 1 aromatic rings. The van der Waals surface area contributed by atoms with Crippen LogP contribution in [0.5, 0.6) is 0 Å². The minimum Gasteiger partial charge on any atom is -0.481 e. The molecule has 0 aromatic carbocycles. The molecule has 4 aliphatic rings. The Balaban J connectivity index is 1.58. The zero-order valence-corrected chi connectivity index (χ0v) is 11.6. The Hall–Kier alpha value is -1.39. The lowest BCUT2D eigenvalue weighted by atomic mass is 9.51. The van der Waals surface area contributed by atoms with E-state index in [1.54, 1.807) is 6.33 Å². The Morgan fingerprint density at radius 2 is 1.85 bits per heavy atom. The van der Waals surface area contributed by atoms with Crippen LogP contribution >= 0.6 is 0 Å². The Morgan fingerprint density at radius 1 is 1.20 bits per heavy atom. The van der Waals surface area contributed by atoms with E-state index in [1.165, 1.54) is 32.1 Å². The highest BCUT2D eigenvalue weighted by molar-refractivity contribution is 5.66. The molecule has 4 saturated carbocycles. The number of aryl methyl sites for hydroxylation is 1. The molecule has 0 radical (unpaired) electrons. The fourth-order valence-corrected chi connectivity index (χ4v) is 5.26. The van der Waals surface area contributed by atoms with Crippen LogP contribution < -0.4 is 0 Å². The maximum atomic E-state index is 10.8. The van der Waals surface area contributed by atoms with Crippen molar-refractivity contribution in [1.82, 2.24) is 14.8 Å². The number of aliphatic carboxylic acids is 1. The summed E-state index contributed by atoms with van der Waals surface area (Å²) in [4.78, 5) is 10.8. The van der Waals surface area contributed by atoms with Gasteiger partial charge in [-0.3, -0.25) is 4.79 Å². The van der Waals surface area contributed by atoms with Crippen molar-refractivity contribution < 1.29 is 9.90 Å². The largest absolute Gasteiger partial charge is 0.481 e. The SMILES string of the molecule is O=C(O)CCn1cnnc1C1C2CC3CC(C2)CC1C3. The monoisotopic (exact) mass is 275 g/mol. The molecular formula is C15H21N3O2. The van der Waals surface area contributed by atoms with Crippen molar-refractivity contribution in [3.63, 3.8) is 0 Å². The van der Waals surface area contributed by atoms with Crippen LogP contribution in [0, 0.1) is 23.7 Å². The lowest BCUT2D eigenvalue weighted by molar-refractivity contribution is -0.137. The molecule has 1 heterocycles. The first-order chi connectivity index (χ1) is 9.70. The third-order valence-electron chi connectivity index (χ3n) is 5.74. The van der Waals surface area contributed by atoms with E-state index in [4.69, 9.17) is 5.11 Å². The highest BCUT2D eigenvalue weighted by Crippen LogP contribution is 2.59. The molecule has 20 heavy (non-hydrogen) atoms. The molecule has 0 unspecified atom stereocenters. The Labute approximate surface area is 118 Å². The summed E-state index contributed by atoms with van der Waals surface area (Å²) in [6.45, 7) is 0.500. The van der Waals surface area contributed by atoms with E-state index in [-0.39, 0.29) is 6.42 Å². The third kappa shape index (κ3) is 1.95. The van der Waals surface area contributed by atoms with E-state index in [2.05, 4.69) is 10.2 Å². The molecule has 1 aromatic heterocycles. The second kappa shape index (κ2) is 4.57. The minimum absolute atomic E-state index is 0.151. The maximum absolute atomic E-state index is 10.8. The van der Waals surface area contributed by atoms with Crippen molar-refractivity contribution in [2.45, 2.75) is 51.0 Å². The van der Waals surface area contributed by atoms with Gasteiger partial charge in [-0.2, -0.15) is 0 Å². The van der Waals surface area contributed by atoms with E-state index < -0.39 is 5.97 Å². The van der Waals surface area contributed by atoms with Gasteiger partial charge in [0.2, 0.25) is 0 Å². The summed E-state index contributed by atoms with van der Waals surface area (Å²) in [5.74, 6) is 4.25. The number of carboxylic acid groups (broad SMARTS) is 1. The first-order valence-electron chi connectivity index (χ1n) is 7.80. The molecule has 0 aliphatic heterocycles. The molecule has 0 spiro atoms. The van der Waals surface area contributed by atoms with Crippen LogP contribution in [-0.2, 0) is 11.3 Å². The van der Waals surface area contributed by atoms with Gasteiger partial charge < -0.3 is 9.67 Å². The molecule has 0 atom stereocenters. The van der Waals surface area contributed by atoms with E-state index in [0.717, 1.165) is 29.5 Å². The van der Waals surface area contributed by atoms with E-state index in [0.29, 0.717) is 12.5 Å². The van der Waals surface area contributed by atoms with Crippen LogP contribution in [0.3, 0.4) is 0 Å². The summed E-state index contributed by atoms with van der Waals surface area (Å²) < 4.78 is 1.99. The summed E-state index contributed by atoms with van der Waals surface area (Å²) in [5, 5.41) is 17.3. The summed E-state index contributed by atoms with van der Waals surface area (Å²) in [7, 11) is 0. The van der Waals surface area contributed by atoms with Crippen molar-refractivity contribution >= 4 is 5.97 Å². The average Bonchev–Trinajstić information content (AvgIpc) is 2.83. The van der Waals surface area contributed by atoms with Gasteiger partial charge in [-0.25, -0.2) is 0 Å². The van der Waals surface area contributed by atoms with E-state index in [1.807, 2.05) is 4.57 Å². The highest BCUT2D eigenvalue weighted by atomic mass is 16.4. The first kappa shape index (κ1) is 12.4. The molecule has 4 aliphatic carbocycles. The summed E-state index contributed by atoms with van der Waals surface area (Å²) in [6, 6.07) is 0. The Bertz CT molecular complexity index is 497. The quantitative estimate of drug-likeness (QED) is 0.915. The van der Waals surface area contributed by atoms with Crippen molar-refractivity contribution in [1.29, 1.82) is 0 Å². The normalized spacial score (nSPS) is 38.3. The van der Waals surface area contributed by atoms with Crippen LogP contribution in [0.4, 0.5) is 0 Å². The van der Waals surface area contributed by atoms with Crippen molar-refractivity contribution in [2.75, 3.05) is 0 Å². The summed E-state index contributed by atoms with van der Waals surface area (Å²) in [6.07, 6.45) is 8.72. The number of nitrogens with zero attached hydrogens (tertiary/aromatic N) is 3. The molecule has 1 N–H and O–H groups in total. The van der Waals surface area contributed by atoms with Gasteiger partial charge in [-0.1, -0.05) is 0 Å². The van der Waals surface area contributed by atoms with Gasteiger partial charge in [0.05, 0.1) is 6.42 Å². The van der Waals surface area contributed by atoms with Crippen molar-refractivity contribution in [2.24, 2.45) is 23.7 Å². The molecule has 4 bridgehead atoms. The van der Waals surface area contributed by atoms with Gasteiger partial charge in [0.1, 0.15) is 12.2 Å². The lowest BCUT2D eigenvalue weighted by Crippen LogP contribution is -2.44. The number of rotatable bonds is 4. The molecule has 0 saturated heterocycles. The Morgan fingerprint density at radius 3 is 2.45 bits per heavy atom. The lowest BCUT2D eigenvalue weighted by Gasteiger charge is -2.54. The van der Waals surface area contributed by atoms with E-state index >= 15 is 0 Å². The van der Waals surface area contributed by atoms with Crippen molar-refractivity contribution in [3.8, 4) is 0 Å². The topological polar surface area (TPSA) is 68.0 Å². The van der Waals surface area contributed by atoms with Crippen LogP contribution in [-0.4, -0.2) is 25.8 Å². The molecule has 5 rings (SSSR count). The van der Waals surface area contributed by atoms with Gasteiger partial charge >= 0.3 is 5.97 Å². The standard InChI is InChI=1S/C15H21N3O2/c19-13(20)1-2-18-8-16-17-15(18)14-11-4-9-3-10(6-11)7-12(14)5-9/h8-12,14H,1-7H2,(H,19,20). The van der Waals surface area contributed by atoms with Gasteiger partial charge in [0, 0.05) is 12.5 Å². The van der Waals surface area contributed by atoms with Gasteiger partial charge in [0.25, 0.3) is 0 Å². The highest BCUT2D eigenvalue weighted by Gasteiger charge is 2.50.